The molecule has 7 heteroatoms. The number of fused-ring (bicyclic) bond motifs is 1. The molecule has 4 heterocycles. The van der Waals surface area contributed by atoms with Gasteiger partial charge in [0.2, 0.25) is 0 Å². The summed E-state index contributed by atoms with van der Waals surface area (Å²) in [6.07, 6.45) is 12.3. The Hall–Kier alpha value is -3.32. The van der Waals surface area contributed by atoms with E-state index in [1.54, 1.807) is 12.4 Å². The zero-order chi connectivity index (χ0) is 23.1. The van der Waals surface area contributed by atoms with E-state index in [1.807, 2.05) is 36.5 Å². The standard InChI is InChI=1S/C27H27N5OS/c28-26-31-17-24(34-26)19-2-3-20-16-30-22(13-21(20)12-19)15-23(33)18-4-9-29-25(14-18)32-10-7-27(8-11-32)5-1-6-27/h2-4,9,12-14,16-17H,1,5-8,10-11,15H2,(H2,28,31). The highest BCUT2D eigenvalue weighted by Gasteiger charge is 2.39. The molecule has 3 aromatic heterocycles. The van der Waals surface area contributed by atoms with Crippen molar-refractivity contribution in [1.29, 1.82) is 0 Å². The first kappa shape index (κ1) is 21.2. The minimum absolute atomic E-state index is 0.0642. The van der Waals surface area contributed by atoms with Gasteiger partial charge in [-0.3, -0.25) is 9.78 Å². The zero-order valence-corrected chi connectivity index (χ0v) is 19.9. The van der Waals surface area contributed by atoms with Crippen LogP contribution in [0.15, 0.2) is 55.0 Å². The molecule has 1 aliphatic carbocycles. The van der Waals surface area contributed by atoms with Crippen molar-refractivity contribution in [3.63, 3.8) is 0 Å². The molecule has 0 unspecified atom stereocenters. The lowest BCUT2D eigenvalue weighted by Gasteiger charge is -2.48. The van der Waals surface area contributed by atoms with Crippen LogP contribution in [0.5, 0.6) is 0 Å². The Bertz CT molecular complexity index is 1370. The van der Waals surface area contributed by atoms with Crippen molar-refractivity contribution in [2.24, 2.45) is 5.41 Å². The van der Waals surface area contributed by atoms with Crippen molar-refractivity contribution in [3.8, 4) is 10.4 Å². The number of nitrogen functional groups attached to an aromatic ring is 1. The average molecular weight is 470 g/mol. The first-order valence-corrected chi connectivity index (χ1v) is 12.7. The smallest absolute Gasteiger partial charge is 0.180 e. The number of hydrogen-bond acceptors (Lipinski definition) is 7. The third kappa shape index (κ3) is 4.05. The van der Waals surface area contributed by atoms with Crippen molar-refractivity contribution in [3.05, 3.63) is 66.2 Å². The lowest BCUT2D eigenvalue weighted by Crippen LogP contribution is -2.43. The molecule has 0 bridgehead atoms. The molecule has 2 fully saturated rings. The fourth-order valence-electron chi connectivity index (χ4n) is 5.28. The van der Waals surface area contributed by atoms with Crippen molar-refractivity contribution >= 4 is 38.8 Å². The van der Waals surface area contributed by atoms with E-state index in [1.165, 1.54) is 43.4 Å². The first-order valence-electron chi connectivity index (χ1n) is 11.9. The second-order valence-corrected chi connectivity index (χ2v) is 10.7. The molecule has 6 nitrogen and oxygen atoms in total. The van der Waals surface area contributed by atoms with Crippen LogP contribution in [0.1, 0.15) is 48.2 Å². The highest BCUT2D eigenvalue weighted by Crippen LogP contribution is 2.49. The maximum absolute atomic E-state index is 13.1. The summed E-state index contributed by atoms with van der Waals surface area (Å²) in [5.41, 5.74) is 8.92. The molecule has 1 saturated carbocycles. The van der Waals surface area contributed by atoms with Gasteiger partial charge in [-0.25, -0.2) is 9.97 Å². The van der Waals surface area contributed by atoms with E-state index in [9.17, 15) is 4.79 Å². The highest BCUT2D eigenvalue weighted by molar-refractivity contribution is 7.18. The van der Waals surface area contributed by atoms with Gasteiger partial charge in [-0.05, 0) is 66.3 Å². The van der Waals surface area contributed by atoms with Gasteiger partial charge in [0.05, 0.1) is 11.3 Å². The van der Waals surface area contributed by atoms with Crippen LogP contribution in [-0.2, 0) is 6.42 Å². The molecule has 34 heavy (non-hydrogen) atoms. The number of hydrogen-bond donors (Lipinski definition) is 1. The number of carbonyl (C=O) groups excluding carboxylic acids is 1. The minimum Gasteiger partial charge on any atom is -0.375 e. The number of carbonyl (C=O) groups is 1. The molecule has 6 rings (SSSR count). The predicted molar refractivity (Wildman–Crippen MR) is 137 cm³/mol. The van der Waals surface area contributed by atoms with Crippen molar-refractivity contribution in [1.82, 2.24) is 15.0 Å². The van der Waals surface area contributed by atoms with Gasteiger partial charge in [-0.1, -0.05) is 29.9 Å². The van der Waals surface area contributed by atoms with Crippen LogP contribution in [0.2, 0.25) is 0 Å². The van der Waals surface area contributed by atoms with Crippen molar-refractivity contribution in [2.75, 3.05) is 23.7 Å². The van der Waals surface area contributed by atoms with E-state index in [0.29, 0.717) is 16.1 Å². The van der Waals surface area contributed by atoms with Crippen LogP contribution in [0.3, 0.4) is 0 Å². The van der Waals surface area contributed by atoms with E-state index in [-0.39, 0.29) is 12.2 Å². The topological polar surface area (TPSA) is 85.0 Å². The van der Waals surface area contributed by atoms with Crippen molar-refractivity contribution in [2.45, 2.75) is 38.5 Å². The van der Waals surface area contributed by atoms with Crippen LogP contribution in [0.4, 0.5) is 10.9 Å². The second kappa shape index (κ2) is 8.47. The van der Waals surface area contributed by atoms with Gasteiger partial charge in [-0.15, -0.1) is 0 Å². The molecular weight excluding hydrogens is 442 g/mol. The summed E-state index contributed by atoms with van der Waals surface area (Å²) in [5.74, 6) is 0.981. The van der Waals surface area contributed by atoms with Gasteiger partial charge in [0.25, 0.3) is 0 Å². The van der Waals surface area contributed by atoms with Crippen LogP contribution in [0.25, 0.3) is 21.2 Å². The maximum Gasteiger partial charge on any atom is 0.180 e. The number of anilines is 2. The summed E-state index contributed by atoms with van der Waals surface area (Å²) >= 11 is 1.47. The Labute approximate surface area is 202 Å². The van der Waals surface area contributed by atoms with Crippen molar-refractivity contribution < 1.29 is 4.79 Å². The molecule has 2 N–H and O–H groups in total. The van der Waals surface area contributed by atoms with E-state index in [2.05, 4.69) is 25.9 Å². The van der Waals surface area contributed by atoms with Crippen LogP contribution in [-0.4, -0.2) is 33.8 Å². The van der Waals surface area contributed by atoms with Crippen LogP contribution >= 0.6 is 11.3 Å². The fourth-order valence-corrected chi connectivity index (χ4v) is 5.96. The first-order chi connectivity index (χ1) is 16.6. The summed E-state index contributed by atoms with van der Waals surface area (Å²) in [4.78, 5) is 29.8. The number of nitrogens with zero attached hydrogens (tertiary/aromatic N) is 4. The number of nitrogens with two attached hydrogens (primary N) is 1. The molecular formula is C27H27N5OS. The maximum atomic E-state index is 13.1. The van der Waals surface area contributed by atoms with Gasteiger partial charge < -0.3 is 10.6 Å². The summed E-state index contributed by atoms with van der Waals surface area (Å²) in [6.45, 7) is 2.06. The number of benzene rings is 1. The second-order valence-electron chi connectivity index (χ2n) is 9.64. The molecule has 2 aliphatic rings. The zero-order valence-electron chi connectivity index (χ0n) is 19.0. The number of aromatic nitrogens is 3. The molecule has 1 aromatic carbocycles. The van der Waals surface area contributed by atoms with Crippen LogP contribution < -0.4 is 10.6 Å². The molecule has 1 aliphatic heterocycles. The monoisotopic (exact) mass is 469 g/mol. The third-order valence-electron chi connectivity index (χ3n) is 7.56. The largest absolute Gasteiger partial charge is 0.375 e. The fraction of sp³-hybridized carbons (Fsp3) is 0.333. The number of thiazole rings is 1. The Kier molecular flexibility index (Phi) is 5.29. The highest BCUT2D eigenvalue weighted by atomic mass is 32.1. The van der Waals surface area contributed by atoms with Gasteiger partial charge >= 0.3 is 0 Å². The summed E-state index contributed by atoms with van der Waals surface area (Å²) in [5, 5.41) is 2.65. The number of Topliss-reactive ketones (excluding diaryl/α,β-unsaturated/α-hetero) is 1. The molecule has 4 aromatic rings. The van der Waals surface area contributed by atoms with Gasteiger partial charge in [0, 0.05) is 48.3 Å². The molecule has 0 amide bonds. The lowest BCUT2D eigenvalue weighted by atomic mass is 9.63. The van der Waals surface area contributed by atoms with E-state index < -0.39 is 0 Å². The summed E-state index contributed by atoms with van der Waals surface area (Å²) in [6, 6.07) is 12.0. The van der Waals surface area contributed by atoms with Gasteiger partial charge in [0.15, 0.2) is 10.9 Å². The van der Waals surface area contributed by atoms with E-state index >= 15 is 0 Å². The quantitative estimate of drug-likeness (QED) is 0.387. The molecule has 1 saturated heterocycles. The summed E-state index contributed by atoms with van der Waals surface area (Å²) < 4.78 is 0. The van der Waals surface area contributed by atoms with Gasteiger partial charge in [-0.2, -0.15) is 0 Å². The number of pyridine rings is 2. The van der Waals surface area contributed by atoms with E-state index in [0.717, 1.165) is 45.8 Å². The third-order valence-corrected chi connectivity index (χ3v) is 8.43. The SMILES string of the molecule is Nc1ncc(-c2ccc3cnc(CC(=O)c4ccnc(N5CCC6(CCC6)CC5)c4)cc3c2)s1. The molecule has 0 atom stereocenters. The number of ketones is 1. The molecule has 1 spiro atoms. The predicted octanol–water partition coefficient (Wildman–Crippen LogP) is 5.53. The Morgan fingerprint density at radius 1 is 0.971 bits per heavy atom. The molecule has 0 radical (unpaired) electrons. The number of piperidine rings is 1. The number of rotatable bonds is 5. The molecule has 172 valence electrons. The van der Waals surface area contributed by atoms with E-state index in [4.69, 9.17) is 5.73 Å². The summed E-state index contributed by atoms with van der Waals surface area (Å²) in [7, 11) is 0. The Balaban J connectivity index is 1.19. The lowest BCUT2D eigenvalue weighted by molar-refractivity contribution is 0.0951. The van der Waals surface area contributed by atoms with Crippen LogP contribution in [0, 0.1) is 5.41 Å². The Morgan fingerprint density at radius 3 is 2.56 bits per heavy atom. The average Bonchev–Trinajstić information content (AvgIpc) is 3.29. The minimum atomic E-state index is 0.0642. The normalized spacial score (nSPS) is 17.1. The van der Waals surface area contributed by atoms with Gasteiger partial charge in [0.1, 0.15) is 5.82 Å². The Morgan fingerprint density at radius 2 is 1.82 bits per heavy atom.